The zero-order chi connectivity index (χ0) is 26.4. The number of aromatic amines is 1. The number of amides is 1. The SMILES string of the molecule is CC1CCN(S(=O)(=O)N2CCC(C(=O)N3CCc4c(nc5cc(-c6ccccc6)[nH]n5c4=O)C3)CC2)CC1. The first-order valence-corrected chi connectivity index (χ1v) is 14.9. The molecule has 0 saturated carbocycles. The van der Waals surface area contributed by atoms with Crippen molar-refractivity contribution in [3.63, 3.8) is 0 Å². The Morgan fingerprint density at radius 1 is 0.974 bits per heavy atom. The van der Waals surface area contributed by atoms with Crippen molar-refractivity contribution in [3.8, 4) is 11.3 Å². The molecule has 0 aliphatic carbocycles. The number of nitrogens with one attached hydrogen (secondary N) is 1. The molecule has 1 N–H and O–H groups in total. The van der Waals surface area contributed by atoms with Gasteiger partial charge in [-0.3, -0.25) is 14.7 Å². The van der Waals surface area contributed by atoms with E-state index in [1.54, 1.807) is 13.5 Å². The van der Waals surface area contributed by atoms with Gasteiger partial charge < -0.3 is 4.90 Å². The highest BCUT2D eigenvalue weighted by Gasteiger charge is 2.37. The van der Waals surface area contributed by atoms with Crippen molar-refractivity contribution >= 4 is 21.8 Å². The van der Waals surface area contributed by atoms with Crippen LogP contribution < -0.4 is 5.56 Å². The minimum Gasteiger partial charge on any atom is -0.336 e. The van der Waals surface area contributed by atoms with Crippen molar-refractivity contribution in [2.75, 3.05) is 32.7 Å². The molecular formula is C27H34N6O4S. The lowest BCUT2D eigenvalue weighted by molar-refractivity contribution is -0.137. The van der Waals surface area contributed by atoms with Crippen LogP contribution in [0.3, 0.4) is 0 Å². The lowest BCUT2D eigenvalue weighted by atomic mass is 9.95. The third-order valence-corrected chi connectivity index (χ3v) is 10.4. The van der Waals surface area contributed by atoms with E-state index < -0.39 is 10.2 Å². The maximum absolute atomic E-state index is 13.4. The molecule has 0 spiro atoms. The van der Waals surface area contributed by atoms with E-state index in [-0.39, 0.29) is 17.4 Å². The summed E-state index contributed by atoms with van der Waals surface area (Å²) in [5.74, 6) is 0.371. The monoisotopic (exact) mass is 538 g/mol. The van der Waals surface area contributed by atoms with Crippen LogP contribution in [0.15, 0.2) is 41.2 Å². The Labute approximate surface area is 222 Å². The van der Waals surface area contributed by atoms with Gasteiger partial charge in [-0.05, 0) is 43.6 Å². The predicted octanol–water partition coefficient (Wildman–Crippen LogP) is 2.26. The van der Waals surface area contributed by atoms with Gasteiger partial charge in [-0.15, -0.1) is 0 Å². The fourth-order valence-electron chi connectivity index (χ4n) is 5.92. The van der Waals surface area contributed by atoms with Gasteiger partial charge in [0.25, 0.3) is 15.8 Å². The maximum atomic E-state index is 13.4. The summed E-state index contributed by atoms with van der Waals surface area (Å²) in [4.78, 5) is 33.2. The molecule has 6 rings (SSSR count). The molecule has 3 aromatic rings. The molecular weight excluding hydrogens is 504 g/mol. The number of H-pyrrole nitrogens is 1. The van der Waals surface area contributed by atoms with E-state index in [2.05, 4.69) is 12.0 Å². The highest BCUT2D eigenvalue weighted by Crippen LogP contribution is 2.28. The Hall–Kier alpha value is -3.02. The minimum atomic E-state index is -3.47. The molecule has 3 aliphatic heterocycles. The van der Waals surface area contributed by atoms with Crippen molar-refractivity contribution in [2.45, 2.75) is 45.6 Å². The molecule has 1 aromatic carbocycles. The summed E-state index contributed by atoms with van der Waals surface area (Å²) in [6.07, 6.45) is 3.27. The lowest BCUT2D eigenvalue weighted by Gasteiger charge is -2.38. The number of fused-ring (bicyclic) bond motifs is 2. The van der Waals surface area contributed by atoms with Crippen molar-refractivity contribution in [3.05, 3.63) is 58.0 Å². The zero-order valence-corrected chi connectivity index (χ0v) is 22.5. The number of nitrogens with zero attached hydrogens (tertiary/aromatic N) is 5. The fraction of sp³-hybridized carbons (Fsp3) is 0.519. The third-order valence-electron chi connectivity index (χ3n) is 8.36. The van der Waals surface area contributed by atoms with Gasteiger partial charge in [0.2, 0.25) is 5.91 Å². The number of rotatable bonds is 4. The fourth-order valence-corrected chi connectivity index (χ4v) is 7.59. The van der Waals surface area contributed by atoms with E-state index in [9.17, 15) is 18.0 Å². The molecule has 0 atom stereocenters. The molecule has 38 heavy (non-hydrogen) atoms. The van der Waals surface area contributed by atoms with Gasteiger partial charge in [0, 0.05) is 50.3 Å². The van der Waals surface area contributed by atoms with Gasteiger partial charge in [-0.1, -0.05) is 37.3 Å². The standard InChI is InChI=1S/C27H34N6O4S/c1-19-7-13-31(14-8-19)38(36,37)32-15-9-21(10-16-32)26(34)30-12-11-22-24(18-30)28-25-17-23(29-33(25)27(22)35)20-5-3-2-4-6-20/h2-6,17,19,21,29H,7-16,18H2,1H3. The molecule has 5 heterocycles. The molecule has 1 amide bonds. The van der Waals surface area contributed by atoms with Gasteiger partial charge in [0.1, 0.15) is 0 Å². The van der Waals surface area contributed by atoms with Gasteiger partial charge in [-0.25, -0.2) is 9.50 Å². The van der Waals surface area contributed by atoms with Crippen molar-refractivity contribution in [1.82, 2.24) is 28.1 Å². The van der Waals surface area contributed by atoms with Crippen LogP contribution in [0.5, 0.6) is 0 Å². The number of hydrogen-bond acceptors (Lipinski definition) is 5. The summed E-state index contributed by atoms with van der Waals surface area (Å²) in [6, 6.07) is 11.6. The predicted molar refractivity (Wildman–Crippen MR) is 144 cm³/mol. The summed E-state index contributed by atoms with van der Waals surface area (Å²) in [7, 11) is -3.47. The molecule has 2 aromatic heterocycles. The third kappa shape index (κ3) is 4.56. The maximum Gasteiger partial charge on any atom is 0.281 e. The number of benzene rings is 1. The first kappa shape index (κ1) is 25.3. The minimum absolute atomic E-state index is 0.0283. The summed E-state index contributed by atoms with van der Waals surface area (Å²) in [5, 5.41) is 3.16. The Morgan fingerprint density at radius 3 is 2.32 bits per heavy atom. The van der Waals surface area contributed by atoms with Crippen molar-refractivity contribution in [2.24, 2.45) is 11.8 Å². The normalized spacial score (nSPS) is 20.6. The Bertz CT molecular complexity index is 1500. The van der Waals surface area contributed by atoms with Crippen LogP contribution in [0.25, 0.3) is 16.9 Å². The second-order valence-electron chi connectivity index (χ2n) is 10.8. The average Bonchev–Trinajstić information content (AvgIpc) is 3.38. The first-order chi connectivity index (χ1) is 18.3. The van der Waals surface area contributed by atoms with Crippen LogP contribution in [-0.4, -0.2) is 75.2 Å². The Kier molecular flexibility index (Phi) is 6.61. The van der Waals surface area contributed by atoms with Crippen LogP contribution in [0.4, 0.5) is 0 Å². The van der Waals surface area contributed by atoms with Crippen molar-refractivity contribution < 1.29 is 13.2 Å². The molecule has 0 radical (unpaired) electrons. The van der Waals surface area contributed by atoms with Crippen LogP contribution in [0.2, 0.25) is 0 Å². The smallest absolute Gasteiger partial charge is 0.281 e. The number of carbonyl (C=O) groups excluding carboxylic acids is 1. The lowest BCUT2D eigenvalue weighted by Crippen LogP contribution is -2.51. The van der Waals surface area contributed by atoms with Gasteiger partial charge in [-0.2, -0.15) is 17.0 Å². The van der Waals surface area contributed by atoms with Gasteiger partial charge >= 0.3 is 0 Å². The zero-order valence-electron chi connectivity index (χ0n) is 21.7. The molecule has 0 unspecified atom stereocenters. The van der Waals surface area contributed by atoms with E-state index >= 15 is 0 Å². The highest BCUT2D eigenvalue weighted by atomic mass is 32.2. The number of hydrogen-bond donors (Lipinski definition) is 1. The highest BCUT2D eigenvalue weighted by molar-refractivity contribution is 7.86. The van der Waals surface area contributed by atoms with Crippen LogP contribution in [0, 0.1) is 11.8 Å². The second-order valence-corrected chi connectivity index (χ2v) is 12.8. The van der Waals surface area contributed by atoms with E-state index in [0.29, 0.717) is 81.4 Å². The Morgan fingerprint density at radius 2 is 1.63 bits per heavy atom. The van der Waals surface area contributed by atoms with Crippen LogP contribution >= 0.6 is 0 Å². The largest absolute Gasteiger partial charge is 0.336 e. The number of piperidine rings is 2. The molecule has 10 nitrogen and oxygen atoms in total. The van der Waals surface area contributed by atoms with Gasteiger partial charge in [0.05, 0.1) is 17.9 Å². The topological polar surface area (TPSA) is 111 Å². The van der Waals surface area contributed by atoms with Crippen LogP contribution in [-0.2, 0) is 28.0 Å². The molecule has 2 saturated heterocycles. The van der Waals surface area contributed by atoms with Crippen molar-refractivity contribution in [1.29, 1.82) is 0 Å². The van der Waals surface area contributed by atoms with Gasteiger partial charge in [0.15, 0.2) is 5.65 Å². The number of aromatic nitrogens is 3. The summed E-state index contributed by atoms with van der Waals surface area (Å²) >= 11 is 0. The molecule has 2 fully saturated rings. The molecule has 0 bridgehead atoms. The first-order valence-electron chi connectivity index (χ1n) is 13.5. The summed E-state index contributed by atoms with van der Waals surface area (Å²) in [5.41, 5.74) is 3.48. The van der Waals surface area contributed by atoms with E-state index in [0.717, 1.165) is 24.1 Å². The van der Waals surface area contributed by atoms with E-state index in [1.807, 2.05) is 36.4 Å². The quantitative estimate of drug-likeness (QED) is 0.548. The summed E-state index contributed by atoms with van der Waals surface area (Å²) in [6.45, 7) is 4.80. The molecule has 3 aliphatic rings. The summed E-state index contributed by atoms with van der Waals surface area (Å²) < 4.78 is 30.9. The Balaban J connectivity index is 1.13. The van der Waals surface area contributed by atoms with Crippen LogP contribution in [0.1, 0.15) is 43.9 Å². The second kappa shape index (κ2) is 9.94. The molecule has 11 heteroatoms. The average molecular weight is 539 g/mol. The molecule has 202 valence electrons. The van der Waals surface area contributed by atoms with E-state index in [4.69, 9.17) is 4.98 Å². The van der Waals surface area contributed by atoms with E-state index in [1.165, 1.54) is 4.52 Å². The number of carbonyl (C=O) groups is 1.